The number of hydrogen-bond donors (Lipinski definition) is 2. The van der Waals surface area contributed by atoms with Crippen LogP contribution >= 0.6 is 0 Å². The highest BCUT2D eigenvalue weighted by atomic mass is 16.5. The molecule has 192 valence electrons. The number of anilines is 1. The van der Waals surface area contributed by atoms with Gasteiger partial charge in [-0.15, -0.1) is 0 Å². The van der Waals surface area contributed by atoms with Gasteiger partial charge in [0.2, 0.25) is 5.88 Å². The summed E-state index contributed by atoms with van der Waals surface area (Å²) in [5.74, 6) is 0.114. The molecule has 0 aliphatic heterocycles. The molecule has 10 heteroatoms. The second-order valence-corrected chi connectivity index (χ2v) is 8.67. The molecule has 0 aliphatic rings. The first kappa shape index (κ1) is 24.6. The first-order valence-electron chi connectivity index (χ1n) is 11.8. The SMILES string of the molecule is CNC(=O)c1cccc(NC(=O)c2nc(OC)cn3cc(-c4ccc(-c5c(C)on(C)c5=O)cc4)cc23)c1. The first-order chi connectivity index (χ1) is 18.3. The van der Waals surface area contributed by atoms with Gasteiger partial charge < -0.3 is 24.3 Å². The molecule has 0 atom stereocenters. The molecule has 0 bridgehead atoms. The fraction of sp³-hybridized carbons (Fsp3) is 0.143. The molecule has 0 saturated carbocycles. The summed E-state index contributed by atoms with van der Waals surface area (Å²) in [5, 5.41) is 5.38. The maximum atomic E-state index is 13.3. The number of nitrogens with one attached hydrogen (secondary N) is 2. The highest BCUT2D eigenvalue weighted by Gasteiger charge is 2.18. The third-order valence-electron chi connectivity index (χ3n) is 6.23. The van der Waals surface area contributed by atoms with E-state index in [-0.39, 0.29) is 23.0 Å². The van der Waals surface area contributed by atoms with E-state index in [4.69, 9.17) is 9.26 Å². The molecule has 5 rings (SSSR count). The molecule has 0 aliphatic carbocycles. The Morgan fingerprint density at radius 2 is 1.71 bits per heavy atom. The highest BCUT2D eigenvalue weighted by molar-refractivity contribution is 6.08. The zero-order chi connectivity index (χ0) is 27.0. The second kappa shape index (κ2) is 9.74. The molecule has 0 radical (unpaired) electrons. The Kier molecular flexibility index (Phi) is 6.29. The zero-order valence-corrected chi connectivity index (χ0v) is 21.2. The summed E-state index contributed by atoms with van der Waals surface area (Å²) >= 11 is 0. The van der Waals surface area contributed by atoms with Gasteiger partial charge in [-0.2, -0.15) is 4.74 Å². The Hall–Kier alpha value is -5.12. The zero-order valence-electron chi connectivity index (χ0n) is 21.2. The minimum Gasteiger partial charge on any atom is -0.480 e. The smallest absolute Gasteiger partial charge is 0.290 e. The largest absolute Gasteiger partial charge is 0.480 e. The van der Waals surface area contributed by atoms with Gasteiger partial charge in [0.1, 0.15) is 5.76 Å². The van der Waals surface area contributed by atoms with E-state index in [1.54, 1.807) is 55.9 Å². The number of aromatic nitrogens is 3. The van der Waals surface area contributed by atoms with E-state index >= 15 is 0 Å². The fourth-order valence-corrected chi connectivity index (χ4v) is 4.34. The van der Waals surface area contributed by atoms with Gasteiger partial charge in [-0.3, -0.25) is 14.4 Å². The second-order valence-electron chi connectivity index (χ2n) is 8.67. The monoisotopic (exact) mass is 511 g/mol. The fourth-order valence-electron chi connectivity index (χ4n) is 4.34. The molecule has 0 saturated heterocycles. The molecule has 0 fully saturated rings. The minimum atomic E-state index is -0.450. The van der Waals surface area contributed by atoms with Gasteiger partial charge in [0.25, 0.3) is 17.4 Å². The average molecular weight is 512 g/mol. The number of hydrogen-bond acceptors (Lipinski definition) is 6. The molecule has 3 heterocycles. The summed E-state index contributed by atoms with van der Waals surface area (Å²) < 4.78 is 13.7. The Bertz CT molecular complexity index is 1740. The van der Waals surface area contributed by atoms with E-state index in [1.165, 1.54) is 11.8 Å². The number of ether oxygens (including phenoxy) is 1. The third-order valence-corrected chi connectivity index (χ3v) is 6.23. The summed E-state index contributed by atoms with van der Waals surface area (Å²) in [6.45, 7) is 1.76. The normalized spacial score (nSPS) is 10.9. The molecule has 2 amide bonds. The molecule has 2 N–H and O–H groups in total. The van der Waals surface area contributed by atoms with Crippen molar-refractivity contribution >= 4 is 23.0 Å². The van der Waals surface area contributed by atoms with E-state index in [0.717, 1.165) is 16.7 Å². The van der Waals surface area contributed by atoms with Crippen LogP contribution in [0.15, 0.2) is 76.3 Å². The van der Waals surface area contributed by atoms with Crippen LogP contribution in [0.4, 0.5) is 5.69 Å². The van der Waals surface area contributed by atoms with Gasteiger partial charge in [0.05, 0.1) is 24.4 Å². The standard InChI is InChI=1S/C28H25N5O5/c1-16-24(28(36)32(3)38-16)18-10-8-17(9-11-18)20-13-22-25(31-23(37-4)15-33(22)14-20)27(35)30-21-7-5-6-19(12-21)26(34)29-2/h5-15H,1-4H3,(H,29,34)(H,30,35). The summed E-state index contributed by atoms with van der Waals surface area (Å²) in [6, 6.07) is 16.0. The maximum Gasteiger partial charge on any atom is 0.290 e. The van der Waals surface area contributed by atoms with Gasteiger partial charge in [0.15, 0.2) is 5.69 Å². The highest BCUT2D eigenvalue weighted by Crippen LogP contribution is 2.29. The molecule has 0 unspecified atom stereocenters. The van der Waals surface area contributed by atoms with Crippen LogP contribution in [-0.4, -0.2) is 40.1 Å². The van der Waals surface area contributed by atoms with Crippen LogP contribution in [0.25, 0.3) is 27.8 Å². The third kappa shape index (κ3) is 4.43. The van der Waals surface area contributed by atoms with Gasteiger partial charge in [-0.25, -0.2) is 4.98 Å². The summed E-state index contributed by atoms with van der Waals surface area (Å²) in [7, 11) is 4.60. The molecule has 0 spiro atoms. The predicted octanol–water partition coefficient (Wildman–Crippen LogP) is 3.89. The Balaban J connectivity index is 1.50. The number of aryl methyl sites for hydroxylation is 2. The van der Waals surface area contributed by atoms with Crippen molar-refractivity contribution in [1.82, 2.24) is 19.4 Å². The lowest BCUT2D eigenvalue weighted by Gasteiger charge is -2.09. The lowest BCUT2D eigenvalue weighted by atomic mass is 10.0. The van der Waals surface area contributed by atoms with E-state index in [2.05, 4.69) is 15.6 Å². The van der Waals surface area contributed by atoms with Crippen molar-refractivity contribution in [2.24, 2.45) is 7.05 Å². The van der Waals surface area contributed by atoms with Crippen LogP contribution in [0.5, 0.6) is 5.88 Å². The molecular formula is C28H25N5O5. The molecule has 38 heavy (non-hydrogen) atoms. The Morgan fingerprint density at radius 3 is 2.37 bits per heavy atom. The molecule has 5 aromatic rings. The molecule has 2 aromatic carbocycles. The number of methoxy groups -OCH3 is 1. The molecule has 10 nitrogen and oxygen atoms in total. The first-order valence-corrected chi connectivity index (χ1v) is 11.8. The molecular weight excluding hydrogens is 486 g/mol. The van der Waals surface area contributed by atoms with Crippen LogP contribution in [0.1, 0.15) is 26.6 Å². The minimum absolute atomic E-state index is 0.162. The van der Waals surface area contributed by atoms with Crippen LogP contribution in [-0.2, 0) is 7.05 Å². The average Bonchev–Trinajstić information content (AvgIpc) is 3.47. The molecule has 3 aromatic heterocycles. The van der Waals surface area contributed by atoms with Crippen molar-refractivity contribution in [1.29, 1.82) is 0 Å². The van der Waals surface area contributed by atoms with Gasteiger partial charge in [0, 0.05) is 37.1 Å². The summed E-state index contributed by atoms with van der Waals surface area (Å²) in [5.41, 5.74) is 4.44. The quantitative estimate of drug-likeness (QED) is 0.357. The Labute approximate surface area is 217 Å². The van der Waals surface area contributed by atoms with E-state index in [1.807, 2.05) is 36.5 Å². The van der Waals surface area contributed by atoms with Crippen LogP contribution in [0.3, 0.4) is 0 Å². The number of carbonyl (C=O) groups excluding carboxylic acids is 2. The van der Waals surface area contributed by atoms with Crippen LogP contribution in [0.2, 0.25) is 0 Å². The number of carbonyl (C=O) groups is 2. The van der Waals surface area contributed by atoms with Gasteiger partial charge in [-0.1, -0.05) is 30.3 Å². The van der Waals surface area contributed by atoms with Crippen molar-refractivity contribution in [3.05, 3.63) is 94.4 Å². The number of rotatable bonds is 6. The number of fused-ring (bicyclic) bond motifs is 1. The van der Waals surface area contributed by atoms with Crippen LogP contribution < -0.4 is 20.9 Å². The summed E-state index contributed by atoms with van der Waals surface area (Å²) in [6.07, 6.45) is 3.56. The van der Waals surface area contributed by atoms with Gasteiger partial charge >= 0.3 is 0 Å². The predicted molar refractivity (Wildman–Crippen MR) is 143 cm³/mol. The number of benzene rings is 2. The lowest BCUT2D eigenvalue weighted by molar-refractivity contribution is 0.0961. The maximum absolute atomic E-state index is 13.3. The lowest BCUT2D eigenvalue weighted by Crippen LogP contribution is -2.19. The van der Waals surface area contributed by atoms with Gasteiger partial charge in [-0.05, 0) is 42.3 Å². The summed E-state index contributed by atoms with van der Waals surface area (Å²) in [4.78, 5) is 42.1. The number of nitrogens with zero attached hydrogens (tertiary/aromatic N) is 3. The van der Waals surface area contributed by atoms with E-state index in [0.29, 0.717) is 28.1 Å². The van der Waals surface area contributed by atoms with Crippen molar-refractivity contribution in [3.63, 3.8) is 0 Å². The topological polar surface area (TPSA) is 120 Å². The van der Waals surface area contributed by atoms with Crippen molar-refractivity contribution in [2.75, 3.05) is 19.5 Å². The van der Waals surface area contributed by atoms with E-state index < -0.39 is 5.91 Å². The van der Waals surface area contributed by atoms with Crippen molar-refractivity contribution in [2.45, 2.75) is 6.92 Å². The number of amides is 2. The van der Waals surface area contributed by atoms with Crippen molar-refractivity contribution < 1.29 is 18.8 Å². The van der Waals surface area contributed by atoms with Crippen LogP contribution in [0, 0.1) is 6.92 Å². The Morgan fingerprint density at radius 1 is 0.974 bits per heavy atom. The van der Waals surface area contributed by atoms with E-state index in [9.17, 15) is 14.4 Å². The van der Waals surface area contributed by atoms with Crippen molar-refractivity contribution in [3.8, 4) is 28.1 Å².